The Morgan fingerprint density at radius 1 is 1.53 bits per heavy atom. The summed E-state index contributed by atoms with van der Waals surface area (Å²) in [6, 6.07) is 5.45. The number of ether oxygens (including phenoxy) is 1. The first-order valence-corrected chi connectivity index (χ1v) is 6.21. The summed E-state index contributed by atoms with van der Waals surface area (Å²) < 4.78 is 5.19. The standard InChI is InChI=1S/C13H14N2O4/c16-11-13(10-3-1-2-5-14-10)4-6-15(12(17)18)7-9(13)8-19-11/h1-3,5,9H,4,6-8H2,(H,17,18). The normalized spacial score (nSPS) is 29.8. The molecule has 2 aliphatic rings. The lowest BCUT2D eigenvalue weighted by Gasteiger charge is -2.39. The lowest BCUT2D eigenvalue weighted by molar-refractivity contribution is -0.143. The van der Waals surface area contributed by atoms with Gasteiger partial charge in [0.05, 0.1) is 12.3 Å². The number of fused-ring (bicyclic) bond motifs is 1. The van der Waals surface area contributed by atoms with Crippen molar-refractivity contribution in [1.29, 1.82) is 0 Å². The minimum atomic E-state index is -0.950. The number of aromatic nitrogens is 1. The monoisotopic (exact) mass is 262 g/mol. The number of carbonyl (C=O) groups excluding carboxylic acids is 1. The number of pyridine rings is 1. The quantitative estimate of drug-likeness (QED) is 0.760. The van der Waals surface area contributed by atoms with Gasteiger partial charge in [-0.05, 0) is 18.6 Å². The molecule has 3 heterocycles. The predicted molar refractivity (Wildman–Crippen MR) is 64.6 cm³/mol. The van der Waals surface area contributed by atoms with E-state index in [2.05, 4.69) is 4.98 Å². The van der Waals surface area contributed by atoms with Gasteiger partial charge in [-0.25, -0.2) is 4.79 Å². The summed E-state index contributed by atoms with van der Waals surface area (Å²) in [5.74, 6) is -0.430. The average molecular weight is 262 g/mol. The van der Waals surface area contributed by atoms with Crippen molar-refractivity contribution in [2.45, 2.75) is 11.8 Å². The van der Waals surface area contributed by atoms with Crippen molar-refractivity contribution in [2.24, 2.45) is 5.92 Å². The first-order valence-electron chi connectivity index (χ1n) is 6.21. The maximum absolute atomic E-state index is 12.2. The molecule has 0 radical (unpaired) electrons. The summed E-state index contributed by atoms with van der Waals surface area (Å²) in [5.41, 5.74) is -0.0831. The van der Waals surface area contributed by atoms with E-state index in [1.807, 2.05) is 12.1 Å². The number of piperidine rings is 1. The van der Waals surface area contributed by atoms with Crippen LogP contribution in [0.4, 0.5) is 4.79 Å². The largest absolute Gasteiger partial charge is 0.465 e. The van der Waals surface area contributed by atoms with Crippen molar-refractivity contribution in [3.63, 3.8) is 0 Å². The van der Waals surface area contributed by atoms with E-state index >= 15 is 0 Å². The molecular weight excluding hydrogens is 248 g/mol. The Labute approximate surface area is 110 Å². The van der Waals surface area contributed by atoms with Gasteiger partial charge in [0, 0.05) is 25.2 Å². The zero-order valence-electron chi connectivity index (χ0n) is 10.3. The molecule has 1 N–H and O–H groups in total. The fraction of sp³-hybridized carbons (Fsp3) is 0.462. The molecule has 0 spiro atoms. The van der Waals surface area contributed by atoms with Crippen molar-refractivity contribution < 1.29 is 19.4 Å². The molecule has 0 aliphatic carbocycles. The smallest absolute Gasteiger partial charge is 0.407 e. The molecule has 6 heteroatoms. The predicted octanol–water partition coefficient (Wildman–Crippen LogP) is 0.876. The Morgan fingerprint density at radius 2 is 2.37 bits per heavy atom. The molecule has 0 saturated carbocycles. The maximum atomic E-state index is 12.2. The lowest BCUT2D eigenvalue weighted by Crippen LogP contribution is -2.52. The maximum Gasteiger partial charge on any atom is 0.407 e. The molecule has 100 valence electrons. The van der Waals surface area contributed by atoms with E-state index in [0.717, 1.165) is 0 Å². The number of carboxylic acid groups (broad SMARTS) is 1. The molecule has 3 rings (SSSR count). The number of cyclic esters (lactones) is 1. The highest BCUT2D eigenvalue weighted by atomic mass is 16.5. The highest BCUT2D eigenvalue weighted by Crippen LogP contribution is 2.44. The van der Waals surface area contributed by atoms with Crippen molar-refractivity contribution in [3.05, 3.63) is 30.1 Å². The molecule has 2 saturated heterocycles. The number of hydrogen-bond acceptors (Lipinski definition) is 4. The van der Waals surface area contributed by atoms with Gasteiger partial charge in [0.2, 0.25) is 0 Å². The van der Waals surface area contributed by atoms with E-state index < -0.39 is 11.5 Å². The topological polar surface area (TPSA) is 79.7 Å². The number of carbonyl (C=O) groups is 2. The van der Waals surface area contributed by atoms with Crippen LogP contribution < -0.4 is 0 Å². The molecule has 0 aromatic carbocycles. The number of likely N-dealkylation sites (tertiary alicyclic amines) is 1. The van der Waals surface area contributed by atoms with E-state index in [9.17, 15) is 9.59 Å². The summed E-state index contributed by atoms with van der Waals surface area (Å²) in [6.07, 6.45) is 1.13. The molecule has 19 heavy (non-hydrogen) atoms. The summed E-state index contributed by atoms with van der Waals surface area (Å²) in [6.45, 7) is 0.911. The van der Waals surface area contributed by atoms with Gasteiger partial charge in [0.25, 0.3) is 0 Å². The molecule has 1 aromatic heterocycles. The summed E-state index contributed by atoms with van der Waals surface area (Å²) in [4.78, 5) is 28.9. The fourth-order valence-corrected chi connectivity index (χ4v) is 3.04. The Balaban J connectivity index is 1.98. The third-order valence-corrected chi connectivity index (χ3v) is 4.09. The molecular formula is C13H14N2O4. The number of hydrogen-bond donors (Lipinski definition) is 1. The SMILES string of the molecule is O=C(O)N1CCC2(c3ccccn3)C(=O)OCC2C1. The Hall–Kier alpha value is -2.11. The highest BCUT2D eigenvalue weighted by molar-refractivity contribution is 5.85. The summed E-state index contributed by atoms with van der Waals surface area (Å²) in [7, 11) is 0. The number of esters is 1. The van der Waals surface area contributed by atoms with Crippen LogP contribution in [0.2, 0.25) is 0 Å². The third-order valence-electron chi connectivity index (χ3n) is 4.09. The Kier molecular flexibility index (Phi) is 2.66. The Bertz CT molecular complexity index is 519. The van der Waals surface area contributed by atoms with Gasteiger partial charge in [-0.2, -0.15) is 0 Å². The molecule has 2 fully saturated rings. The summed E-state index contributed by atoms with van der Waals surface area (Å²) >= 11 is 0. The van der Waals surface area contributed by atoms with E-state index in [-0.39, 0.29) is 18.5 Å². The lowest BCUT2D eigenvalue weighted by atomic mass is 9.69. The average Bonchev–Trinajstić information content (AvgIpc) is 2.77. The van der Waals surface area contributed by atoms with Crippen LogP contribution in [0.1, 0.15) is 12.1 Å². The van der Waals surface area contributed by atoms with Gasteiger partial charge in [-0.3, -0.25) is 9.78 Å². The molecule has 2 unspecified atom stereocenters. The van der Waals surface area contributed by atoms with Gasteiger partial charge >= 0.3 is 12.1 Å². The second kappa shape index (κ2) is 4.22. The van der Waals surface area contributed by atoms with Crippen LogP contribution in [0, 0.1) is 5.92 Å². The van der Waals surface area contributed by atoms with Gasteiger partial charge in [0.15, 0.2) is 0 Å². The van der Waals surface area contributed by atoms with Crippen LogP contribution in [0.3, 0.4) is 0 Å². The number of amides is 1. The molecule has 1 amide bonds. The van der Waals surface area contributed by atoms with Crippen molar-refractivity contribution in [3.8, 4) is 0 Å². The second-order valence-corrected chi connectivity index (χ2v) is 4.96. The van der Waals surface area contributed by atoms with Gasteiger partial charge < -0.3 is 14.7 Å². The van der Waals surface area contributed by atoms with Crippen LogP contribution in [-0.4, -0.2) is 46.7 Å². The number of rotatable bonds is 1. The molecule has 2 aliphatic heterocycles. The molecule has 6 nitrogen and oxygen atoms in total. The minimum absolute atomic E-state index is 0.153. The van der Waals surface area contributed by atoms with Crippen LogP contribution >= 0.6 is 0 Å². The first kappa shape index (κ1) is 12.0. The van der Waals surface area contributed by atoms with Gasteiger partial charge in [-0.15, -0.1) is 0 Å². The molecule has 2 atom stereocenters. The first-order chi connectivity index (χ1) is 9.14. The molecule has 1 aromatic rings. The number of nitrogens with zero attached hydrogens (tertiary/aromatic N) is 2. The van der Waals surface area contributed by atoms with E-state index in [0.29, 0.717) is 25.2 Å². The van der Waals surface area contributed by atoms with E-state index in [4.69, 9.17) is 9.84 Å². The van der Waals surface area contributed by atoms with Gasteiger partial charge in [0.1, 0.15) is 5.41 Å². The zero-order valence-corrected chi connectivity index (χ0v) is 10.3. The highest BCUT2D eigenvalue weighted by Gasteiger charge is 2.57. The fourth-order valence-electron chi connectivity index (χ4n) is 3.04. The molecule has 0 bridgehead atoms. The second-order valence-electron chi connectivity index (χ2n) is 4.96. The van der Waals surface area contributed by atoms with Crippen LogP contribution in [-0.2, 0) is 14.9 Å². The van der Waals surface area contributed by atoms with Crippen LogP contribution in [0.25, 0.3) is 0 Å². The minimum Gasteiger partial charge on any atom is -0.465 e. The van der Waals surface area contributed by atoms with E-state index in [1.54, 1.807) is 12.3 Å². The third kappa shape index (κ3) is 1.67. The van der Waals surface area contributed by atoms with Gasteiger partial charge in [-0.1, -0.05) is 6.07 Å². The van der Waals surface area contributed by atoms with Crippen LogP contribution in [0.15, 0.2) is 24.4 Å². The zero-order chi connectivity index (χ0) is 13.5. The van der Waals surface area contributed by atoms with E-state index in [1.165, 1.54) is 4.90 Å². The Morgan fingerprint density at radius 3 is 3.05 bits per heavy atom. The van der Waals surface area contributed by atoms with Crippen molar-refractivity contribution in [2.75, 3.05) is 19.7 Å². The van der Waals surface area contributed by atoms with Crippen LogP contribution in [0.5, 0.6) is 0 Å². The van der Waals surface area contributed by atoms with Crippen molar-refractivity contribution in [1.82, 2.24) is 9.88 Å². The summed E-state index contributed by atoms with van der Waals surface area (Å²) in [5, 5.41) is 9.06. The van der Waals surface area contributed by atoms with Crippen molar-refractivity contribution >= 4 is 12.1 Å².